The number of para-hydroxylation sites is 1. The summed E-state index contributed by atoms with van der Waals surface area (Å²) >= 11 is 0. The van der Waals surface area contributed by atoms with Crippen molar-refractivity contribution in [3.8, 4) is 5.75 Å². The first kappa shape index (κ1) is 22.5. The summed E-state index contributed by atoms with van der Waals surface area (Å²) < 4.78 is 48.6. The number of hydrogen-bond donors (Lipinski definition) is 2. The van der Waals surface area contributed by atoms with Gasteiger partial charge in [0.2, 0.25) is 0 Å². The van der Waals surface area contributed by atoms with Gasteiger partial charge in [0.1, 0.15) is 5.75 Å². The van der Waals surface area contributed by atoms with Crippen LogP contribution in [0.3, 0.4) is 0 Å². The summed E-state index contributed by atoms with van der Waals surface area (Å²) in [5.74, 6) is -0.837. The summed E-state index contributed by atoms with van der Waals surface area (Å²) in [7, 11) is 1.58. The van der Waals surface area contributed by atoms with Crippen molar-refractivity contribution < 1.29 is 27.4 Å². The van der Waals surface area contributed by atoms with E-state index in [1.54, 1.807) is 7.11 Å². The van der Waals surface area contributed by atoms with Gasteiger partial charge in [0.05, 0.1) is 12.2 Å². The molecule has 0 heterocycles. The highest BCUT2D eigenvalue weighted by atomic mass is 35.5. The third-order valence-corrected chi connectivity index (χ3v) is 2.95. The van der Waals surface area contributed by atoms with E-state index in [4.69, 9.17) is 9.47 Å². The first-order chi connectivity index (χ1) is 10.9. The van der Waals surface area contributed by atoms with E-state index in [0.29, 0.717) is 26.2 Å². The van der Waals surface area contributed by atoms with E-state index in [0.717, 1.165) is 6.07 Å². The number of halogens is 4. The number of benzene rings is 1. The molecule has 0 fully saturated rings. The molecule has 0 radical (unpaired) electrons. The van der Waals surface area contributed by atoms with Gasteiger partial charge >= 0.3 is 6.18 Å². The Balaban J connectivity index is 0.00000529. The molecular formula is C15H22ClF3N2O3. The molecule has 0 aliphatic rings. The minimum absolute atomic E-state index is 0. The van der Waals surface area contributed by atoms with Gasteiger partial charge < -0.3 is 20.1 Å². The second-order valence-electron chi connectivity index (χ2n) is 4.79. The maximum absolute atomic E-state index is 12.9. The number of alkyl halides is 3. The SMILES string of the molecule is COCCNCCNC(=O)C(C)Oc1ccccc1C(F)(F)F.Cl. The first-order valence-electron chi connectivity index (χ1n) is 7.16. The Kier molecular flexibility index (Phi) is 10.4. The number of amides is 1. The highest BCUT2D eigenvalue weighted by Crippen LogP contribution is 2.36. The smallest absolute Gasteiger partial charge is 0.419 e. The second-order valence-corrected chi connectivity index (χ2v) is 4.79. The van der Waals surface area contributed by atoms with Crippen LogP contribution in [-0.2, 0) is 15.7 Å². The Bertz CT molecular complexity index is 501. The van der Waals surface area contributed by atoms with Crippen molar-refractivity contribution in [2.75, 3.05) is 33.4 Å². The summed E-state index contributed by atoms with van der Waals surface area (Å²) in [6.07, 6.45) is -5.56. The molecule has 24 heavy (non-hydrogen) atoms. The molecule has 5 nitrogen and oxygen atoms in total. The number of hydrogen-bond acceptors (Lipinski definition) is 4. The average Bonchev–Trinajstić information content (AvgIpc) is 2.50. The van der Waals surface area contributed by atoms with Crippen LogP contribution in [0.4, 0.5) is 13.2 Å². The molecule has 0 aromatic heterocycles. The number of carbonyl (C=O) groups is 1. The quantitative estimate of drug-likeness (QED) is 0.655. The summed E-state index contributed by atoms with van der Waals surface area (Å²) in [6, 6.07) is 4.81. The van der Waals surface area contributed by atoms with Gasteiger partial charge in [0.25, 0.3) is 5.91 Å². The van der Waals surface area contributed by atoms with Crippen molar-refractivity contribution in [1.82, 2.24) is 10.6 Å². The van der Waals surface area contributed by atoms with Crippen LogP contribution in [0, 0.1) is 0 Å². The average molecular weight is 371 g/mol. The van der Waals surface area contributed by atoms with E-state index >= 15 is 0 Å². The molecule has 1 rings (SSSR count). The highest BCUT2D eigenvalue weighted by Gasteiger charge is 2.34. The van der Waals surface area contributed by atoms with Crippen LogP contribution in [0.1, 0.15) is 12.5 Å². The molecule has 1 unspecified atom stereocenters. The number of nitrogens with one attached hydrogen (secondary N) is 2. The van der Waals surface area contributed by atoms with Crippen LogP contribution >= 0.6 is 12.4 Å². The largest absolute Gasteiger partial charge is 0.480 e. The van der Waals surface area contributed by atoms with Gasteiger partial charge in [-0.15, -0.1) is 12.4 Å². The van der Waals surface area contributed by atoms with Crippen LogP contribution < -0.4 is 15.4 Å². The first-order valence-corrected chi connectivity index (χ1v) is 7.16. The topological polar surface area (TPSA) is 59.6 Å². The monoisotopic (exact) mass is 370 g/mol. The van der Waals surface area contributed by atoms with Crippen LogP contribution in [0.2, 0.25) is 0 Å². The normalized spacial score (nSPS) is 12.2. The van der Waals surface area contributed by atoms with E-state index in [9.17, 15) is 18.0 Å². The van der Waals surface area contributed by atoms with E-state index < -0.39 is 23.8 Å². The van der Waals surface area contributed by atoms with Crippen molar-refractivity contribution in [1.29, 1.82) is 0 Å². The van der Waals surface area contributed by atoms with Gasteiger partial charge in [0, 0.05) is 26.7 Å². The van der Waals surface area contributed by atoms with Crippen molar-refractivity contribution in [2.24, 2.45) is 0 Å². The lowest BCUT2D eigenvalue weighted by molar-refractivity contribution is -0.140. The summed E-state index contributed by atoms with van der Waals surface area (Å²) in [4.78, 5) is 11.8. The predicted molar refractivity (Wildman–Crippen MR) is 86.5 cm³/mol. The molecule has 0 aliphatic carbocycles. The van der Waals surface area contributed by atoms with Crippen LogP contribution in [0.25, 0.3) is 0 Å². The van der Waals surface area contributed by atoms with E-state index in [2.05, 4.69) is 10.6 Å². The Labute approximate surface area is 145 Å². The molecule has 0 aliphatic heterocycles. The maximum atomic E-state index is 12.9. The molecule has 0 bridgehead atoms. The van der Waals surface area contributed by atoms with Gasteiger partial charge in [0.15, 0.2) is 6.10 Å². The van der Waals surface area contributed by atoms with Crippen molar-refractivity contribution in [3.05, 3.63) is 29.8 Å². The van der Waals surface area contributed by atoms with Gasteiger partial charge in [-0.3, -0.25) is 4.79 Å². The van der Waals surface area contributed by atoms with E-state index in [-0.39, 0.29) is 18.2 Å². The van der Waals surface area contributed by atoms with E-state index in [1.807, 2.05) is 0 Å². The second kappa shape index (κ2) is 11.1. The highest BCUT2D eigenvalue weighted by molar-refractivity contribution is 5.85. The molecular weight excluding hydrogens is 349 g/mol. The van der Waals surface area contributed by atoms with Crippen molar-refractivity contribution >= 4 is 18.3 Å². The number of ether oxygens (including phenoxy) is 2. The third kappa shape index (κ3) is 7.85. The summed E-state index contributed by atoms with van der Waals surface area (Å²) in [6.45, 7) is 3.48. The summed E-state index contributed by atoms with van der Waals surface area (Å²) in [5.41, 5.74) is -0.902. The van der Waals surface area contributed by atoms with Crippen LogP contribution in [-0.4, -0.2) is 45.4 Å². The standard InChI is InChI=1S/C15H21F3N2O3.ClH/c1-11(14(21)20-8-7-19-9-10-22-2)23-13-6-4-3-5-12(13)15(16,17)18;/h3-6,11,19H,7-10H2,1-2H3,(H,20,21);1H. The van der Waals surface area contributed by atoms with Gasteiger partial charge in [-0.2, -0.15) is 13.2 Å². The number of rotatable bonds is 9. The Hall–Kier alpha value is -1.51. The molecule has 0 saturated heterocycles. The molecule has 2 N–H and O–H groups in total. The lowest BCUT2D eigenvalue weighted by Crippen LogP contribution is -2.40. The summed E-state index contributed by atoms with van der Waals surface area (Å²) in [5, 5.41) is 5.62. The number of carbonyl (C=O) groups excluding carboxylic acids is 1. The maximum Gasteiger partial charge on any atom is 0.419 e. The van der Waals surface area contributed by atoms with E-state index in [1.165, 1.54) is 25.1 Å². The zero-order chi connectivity index (χ0) is 17.3. The zero-order valence-electron chi connectivity index (χ0n) is 13.5. The van der Waals surface area contributed by atoms with Gasteiger partial charge in [-0.25, -0.2) is 0 Å². The fourth-order valence-corrected chi connectivity index (χ4v) is 1.76. The fraction of sp³-hybridized carbons (Fsp3) is 0.533. The minimum Gasteiger partial charge on any atom is -0.480 e. The third-order valence-electron chi connectivity index (χ3n) is 2.95. The Morgan fingerprint density at radius 3 is 2.50 bits per heavy atom. The van der Waals surface area contributed by atoms with Gasteiger partial charge in [-0.1, -0.05) is 12.1 Å². The molecule has 9 heteroatoms. The van der Waals surface area contributed by atoms with Gasteiger partial charge in [-0.05, 0) is 19.1 Å². The number of methoxy groups -OCH3 is 1. The Morgan fingerprint density at radius 1 is 1.21 bits per heavy atom. The fourth-order valence-electron chi connectivity index (χ4n) is 1.76. The lowest BCUT2D eigenvalue weighted by Gasteiger charge is -2.18. The molecule has 138 valence electrons. The van der Waals surface area contributed by atoms with Crippen molar-refractivity contribution in [3.63, 3.8) is 0 Å². The van der Waals surface area contributed by atoms with Crippen LogP contribution in [0.5, 0.6) is 5.75 Å². The lowest BCUT2D eigenvalue weighted by atomic mass is 10.2. The molecule has 1 aromatic carbocycles. The molecule has 0 saturated carbocycles. The Morgan fingerprint density at radius 2 is 1.88 bits per heavy atom. The molecule has 1 atom stereocenters. The zero-order valence-corrected chi connectivity index (χ0v) is 14.3. The minimum atomic E-state index is -4.53. The molecule has 0 spiro atoms. The van der Waals surface area contributed by atoms with Crippen molar-refractivity contribution in [2.45, 2.75) is 19.2 Å². The van der Waals surface area contributed by atoms with Crippen LogP contribution in [0.15, 0.2) is 24.3 Å². The predicted octanol–water partition coefficient (Wildman–Crippen LogP) is 2.25. The molecule has 1 amide bonds. The molecule has 1 aromatic rings.